The molecule has 7 nitrogen and oxygen atoms in total. The van der Waals surface area contributed by atoms with Gasteiger partial charge < -0.3 is 10.2 Å². The summed E-state index contributed by atoms with van der Waals surface area (Å²) in [4.78, 5) is 53.3. The molecule has 4 amide bonds. The molecule has 3 rings (SSSR count). The average molecular weight is 412 g/mol. The Morgan fingerprint density at radius 2 is 1.80 bits per heavy atom. The maximum Gasteiger partial charge on any atom is 0.242 e. The van der Waals surface area contributed by atoms with Crippen molar-refractivity contribution >= 4 is 23.6 Å². The Kier molecular flexibility index (Phi) is 6.70. The molecule has 1 aliphatic carbocycles. The molecule has 1 aliphatic heterocycles. The molecule has 7 heteroatoms. The van der Waals surface area contributed by atoms with Crippen molar-refractivity contribution in [1.29, 1.82) is 0 Å². The molecule has 0 bridgehead atoms. The molecule has 0 aromatic heterocycles. The minimum absolute atomic E-state index is 0.00248. The van der Waals surface area contributed by atoms with Crippen molar-refractivity contribution in [3.63, 3.8) is 0 Å². The predicted octanol–water partition coefficient (Wildman–Crippen LogP) is 1.80. The quantitative estimate of drug-likeness (QED) is 0.548. The number of nitrogens with zero attached hydrogens (tertiary/aromatic N) is 2. The molecule has 2 aliphatic rings. The van der Waals surface area contributed by atoms with Gasteiger partial charge in [-0.1, -0.05) is 42.0 Å². The van der Waals surface area contributed by atoms with Crippen molar-refractivity contribution in [3.8, 4) is 0 Å². The average Bonchev–Trinajstić information content (AvgIpc) is 2.99. The van der Waals surface area contributed by atoms with Crippen molar-refractivity contribution < 1.29 is 19.2 Å². The van der Waals surface area contributed by atoms with Crippen LogP contribution in [0.1, 0.15) is 37.3 Å². The Bertz CT molecular complexity index is 853. The highest BCUT2D eigenvalue weighted by Gasteiger charge is 2.47. The Hall–Kier alpha value is -2.96. The Morgan fingerprint density at radius 1 is 1.17 bits per heavy atom. The highest BCUT2D eigenvalue weighted by molar-refractivity contribution is 6.05. The van der Waals surface area contributed by atoms with Crippen LogP contribution in [0.25, 0.3) is 0 Å². The number of imide groups is 1. The van der Waals surface area contributed by atoms with Gasteiger partial charge in [-0.2, -0.15) is 0 Å². The highest BCUT2D eigenvalue weighted by atomic mass is 16.2. The number of carbonyl (C=O) groups is 4. The minimum Gasteiger partial charge on any atom is -0.357 e. The number of nitrogens with one attached hydrogen (secondary N) is 1. The van der Waals surface area contributed by atoms with Crippen LogP contribution in [-0.2, 0) is 25.7 Å². The highest BCUT2D eigenvalue weighted by Crippen LogP contribution is 2.35. The molecule has 0 spiro atoms. The molecule has 1 heterocycles. The number of likely N-dealkylation sites (N-methyl/N-ethyl adjacent to an activating group) is 1. The van der Waals surface area contributed by atoms with Crippen LogP contribution in [0.3, 0.4) is 0 Å². The zero-order valence-corrected chi connectivity index (χ0v) is 17.8. The van der Waals surface area contributed by atoms with E-state index in [9.17, 15) is 19.2 Å². The van der Waals surface area contributed by atoms with Gasteiger partial charge in [-0.3, -0.25) is 24.1 Å². The summed E-state index contributed by atoms with van der Waals surface area (Å²) in [7, 11) is 1.53. The molecule has 1 aromatic rings. The smallest absolute Gasteiger partial charge is 0.242 e. The predicted molar refractivity (Wildman–Crippen MR) is 112 cm³/mol. The molecule has 3 atom stereocenters. The number of benzene rings is 1. The molecule has 1 N–H and O–H groups in total. The fraction of sp³-hybridized carbons (Fsp3) is 0.478. The first-order valence-electron chi connectivity index (χ1n) is 10.4. The molecule has 1 aromatic carbocycles. The summed E-state index contributed by atoms with van der Waals surface area (Å²) >= 11 is 0. The van der Waals surface area contributed by atoms with E-state index in [1.165, 1.54) is 16.8 Å². The number of fused-ring (bicyclic) bond motifs is 1. The van der Waals surface area contributed by atoms with E-state index in [2.05, 4.69) is 5.32 Å². The van der Waals surface area contributed by atoms with E-state index < -0.39 is 6.04 Å². The first-order chi connectivity index (χ1) is 14.3. The van der Waals surface area contributed by atoms with Gasteiger partial charge in [0.25, 0.3) is 0 Å². The largest absolute Gasteiger partial charge is 0.357 e. The van der Waals surface area contributed by atoms with Crippen molar-refractivity contribution in [3.05, 3.63) is 47.5 Å². The summed E-state index contributed by atoms with van der Waals surface area (Å²) in [6.07, 6.45) is 5.03. The number of allylic oxidation sites excluding steroid dienone is 2. The summed E-state index contributed by atoms with van der Waals surface area (Å²) in [5.74, 6) is -1.50. The second kappa shape index (κ2) is 9.24. The zero-order chi connectivity index (χ0) is 21.8. The van der Waals surface area contributed by atoms with Crippen LogP contribution in [0.15, 0.2) is 36.4 Å². The van der Waals surface area contributed by atoms with Gasteiger partial charge in [0, 0.05) is 26.6 Å². The van der Waals surface area contributed by atoms with Crippen molar-refractivity contribution in [1.82, 2.24) is 15.1 Å². The molecule has 30 heavy (non-hydrogen) atoms. The van der Waals surface area contributed by atoms with Crippen LogP contribution in [0.2, 0.25) is 0 Å². The fourth-order valence-corrected chi connectivity index (χ4v) is 4.24. The van der Waals surface area contributed by atoms with Crippen molar-refractivity contribution in [2.24, 2.45) is 11.8 Å². The maximum atomic E-state index is 13.1. The van der Waals surface area contributed by atoms with E-state index in [1.807, 2.05) is 43.3 Å². The third-order valence-electron chi connectivity index (χ3n) is 6.00. The normalized spacial score (nSPS) is 21.4. The van der Waals surface area contributed by atoms with Crippen LogP contribution in [0.4, 0.5) is 0 Å². The van der Waals surface area contributed by atoms with Gasteiger partial charge in [0.05, 0.1) is 11.8 Å². The van der Waals surface area contributed by atoms with Gasteiger partial charge in [-0.25, -0.2) is 0 Å². The van der Waals surface area contributed by atoms with Crippen molar-refractivity contribution in [2.45, 2.75) is 45.7 Å². The maximum absolute atomic E-state index is 13.1. The summed E-state index contributed by atoms with van der Waals surface area (Å²) < 4.78 is 0. The van der Waals surface area contributed by atoms with Gasteiger partial charge >= 0.3 is 0 Å². The Morgan fingerprint density at radius 3 is 2.37 bits per heavy atom. The number of hydrogen-bond acceptors (Lipinski definition) is 4. The summed E-state index contributed by atoms with van der Waals surface area (Å²) in [6.45, 7) is 3.98. The second-order valence-corrected chi connectivity index (χ2v) is 8.03. The SMILES string of the molecule is CNC(=O)C(C)N(Cc1cccc(C)c1)C(=O)CCN1C(=O)[C@H]2CC=CC[C@H]2C1=O. The van der Waals surface area contributed by atoms with Gasteiger partial charge in [0.15, 0.2) is 0 Å². The molecule has 1 fully saturated rings. The third kappa shape index (κ3) is 4.45. The minimum atomic E-state index is -0.667. The summed E-state index contributed by atoms with van der Waals surface area (Å²) in [5.41, 5.74) is 1.99. The third-order valence-corrected chi connectivity index (χ3v) is 6.00. The van der Waals surface area contributed by atoms with Gasteiger partial charge in [0.1, 0.15) is 6.04 Å². The number of aryl methyl sites for hydroxylation is 1. The lowest BCUT2D eigenvalue weighted by atomic mass is 9.85. The molecular formula is C23H29N3O4. The summed E-state index contributed by atoms with van der Waals surface area (Å²) in [6, 6.07) is 7.10. The molecule has 0 radical (unpaired) electrons. The van der Waals surface area contributed by atoms with E-state index in [4.69, 9.17) is 0 Å². The van der Waals surface area contributed by atoms with E-state index >= 15 is 0 Å². The number of rotatable bonds is 7. The van der Waals surface area contributed by atoms with Gasteiger partial charge in [0.2, 0.25) is 23.6 Å². The Balaban J connectivity index is 1.70. The zero-order valence-electron chi connectivity index (χ0n) is 17.8. The molecule has 1 unspecified atom stereocenters. The van der Waals surface area contributed by atoms with Crippen LogP contribution >= 0.6 is 0 Å². The van der Waals surface area contributed by atoms with Gasteiger partial charge in [-0.15, -0.1) is 0 Å². The van der Waals surface area contributed by atoms with E-state index in [-0.39, 0.29) is 55.0 Å². The second-order valence-electron chi connectivity index (χ2n) is 8.03. The number of carbonyl (C=O) groups excluding carboxylic acids is 4. The number of amides is 4. The molecule has 1 saturated heterocycles. The van der Waals surface area contributed by atoms with Crippen LogP contribution < -0.4 is 5.32 Å². The van der Waals surface area contributed by atoms with E-state index in [0.29, 0.717) is 12.8 Å². The molecular weight excluding hydrogens is 382 g/mol. The molecule has 160 valence electrons. The van der Waals surface area contributed by atoms with Crippen LogP contribution in [0, 0.1) is 18.8 Å². The van der Waals surface area contributed by atoms with Gasteiger partial charge in [-0.05, 0) is 32.3 Å². The summed E-state index contributed by atoms with van der Waals surface area (Å²) in [5, 5.41) is 2.58. The number of likely N-dealkylation sites (tertiary alicyclic amines) is 1. The molecule has 0 saturated carbocycles. The Labute approximate surface area is 177 Å². The lowest BCUT2D eigenvalue weighted by Gasteiger charge is -2.29. The fourth-order valence-electron chi connectivity index (χ4n) is 4.24. The monoisotopic (exact) mass is 411 g/mol. The van der Waals surface area contributed by atoms with Crippen molar-refractivity contribution in [2.75, 3.05) is 13.6 Å². The first kappa shape index (κ1) is 21.7. The van der Waals surface area contributed by atoms with Crippen LogP contribution in [-0.4, -0.2) is 53.1 Å². The van der Waals surface area contributed by atoms with Crippen LogP contribution in [0.5, 0.6) is 0 Å². The number of hydrogen-bond donors (Lipinski definition) is 1. The lowest BCUT2D eigenvalue weighted by molar-refractivity contribution is -0.143. The van der Waals surface area contributed by atoms with E-state index in [1.54, 1.807) is 6.92 Å². The topological polar surface area (TPSA) is 86.8 Å². The van der Waals surface area contributed by atoms with E-state index in [0.717, 1.165) is 11.1 Å². The standard InChI is InChI=1S/C23H29N3O4/c1-15-7-6-8-17(13-15)14-26(16(2)21(28)24-3)20(27)11-12-25-22(29)18-9-4-5-10-19(18)23(25)30/h4-8,13,16,18-19H,9-12,14H2,1-3H3,(H,24,28)/t16?,18-,19+. The first-order valence-corrected chi connectivity index (χ1v) is 10.4. The lowest BCUT2D eigenvalue weighted by Crippen LogP contribution is -2.47.